The number of methoxy groups -OCH3 is 1. The average molecular weight is 311 g/mol. The molecule has 1 aromatic heterocycles. The Morgan fingerprint density at radius 3 is 2.55 bits per heavy atom. The summed E-state index contributed by atoms with van der Waals surface area (Å²) in [4.78, 5) is 6.26. The van der Waals surface area contributed by atoms with Gasteiger partial charge in [-0.05, 0) is 0 Å². The SMILES string of the molecule is COCc1nc(N(C)CC(F)(F)F)sc1CNC(C)C. The molecular weight excluding hydrogens is 291 g/mol. The first-order valence-electron chi connectivity index (χ1n) is 6.21. The third-order valence-electron chi connectivity index (χ3n) is 2.46. The molecule has 4 nitrogen and oxygen atoms in total. The van der Waals surface area contributed by atoms with Gasteiger partial charge in [-0.2, -0.15) is 13.2 Å². The molecule has 1 rings (SSSR count). The first-order valence-corrected chi connectivity index (χ1v) is 7.03. The Bertz CT molecular complexity index is 421. The van der Waals surface area contributed by atoms with Crippen molar-refractivity contribution >= 4 is 16.5 Å². The predicted octanol–water partition coefficient (Wildman–Crippen LogP) is 2.79. The van der Waals surface area contributed by atoms with Gasteiger partial charge < -0.3 is 15.0 Å². The lowest BCUT2D eigenvalue weighted by molar-refractivity contribution is -0.119. The van der Waals surface area contributed by atoms with E-state index in [1.54, 1.807) is 0 Å². The third kappa shape index (κ3) is 5.64. The summed E-state index contributed by atoms with van der Waals surface area (Å²) in [7, 11) is 2.93. The van der Waals surface area contributed by atoms with E-state index in [0.717, 1.165) is 9.78 Å². The fourth-order valence-electron chi connectivity index (χ4n) is 1.55. The Balaban J connectivity index is 2.84. The lowest BCUT2D eigenvalue weighted by Crippen LogP contribution is -2.30. The van der Waals surface area contributed by atoms with Gasteiger partial charge in [-0.1, -0.05) is 13.8 Å². The molecule has 0 amide bonds. The maximum atomic E-state index is 12.4. The van der Waals surface area contributed by atoms with Crippen molar-refractivity contribution in [3.8, 4) is 0 Å². The van der Waals surface area contributed by atoms with Crippen LogP contribution in [0.2, 0.25) is 0 Å². The molecule has 0 spiro atoms. The van der Waals surface area contributed by atoms with Crippen molar-refractivity contribution in [2.24, 2.45) is 0 Å². The highest BCUT2D eigenvalue weighted by atomic mass is 32.1. The van der Waals surface area contributed by atoms with Crippen LogP contribution in [0.15, 0.2) is 0 Å². The van der Waals surface area contributed by atoms with Crippen molar-refractivity contribution in [3.63, 3.8) is 0 Å². The van der Waals surface area contributed by atoms with Gasteiger partial charge in [0.05, 0.1) is 12.3 Å². The molecule has 0 bridgehead atoms. The third-order valence-corrected chi connectivity index (χ3v) is 3.67. The van der Waals surface area contributed by atoms with Gasteiger partial charge in [0.1, 0.15) is 6.54 Å². The van der Waals surface area contributed by atoms with Crippen LogP contribution in [0.5, 0.6) is 0 Å². The Morgan fingerprint density at radius 1 is 1.40 bits per heavy atom. The Morgan fingerprint density at radius 2 is 2.05 bits per heavy atom. The summed E-state index contributed by atoms with van der Waals surface area (Å²) in [6, 6.07) is 0.295. The van der Waals surface area contributed by atoms with Crippen molar-refractivity contribution in [1.82, 2.24) is 10.3 Å². The number of thiazole rings is 1. The van der Waals surface area contributed by atoms with Crippen LogP contribution in [0.4, 0.5) is 18.3 Å². The van der Waals surface area contributed by atoms with Crippen molar-refractivity contribution < 1.29 is 17.9 Å². The van der Waals surface area contributed by atoms with Crippen molar-refractivity contribution in [2.75, 3.05) is 25.6 Å². The van der Waals surface area contributed by atoms with E-state index in [1.807, 2.05) is 13.8 Å². The van der Waals surface area contributed by atoms with Crippen molar-refractivity contribution in [2.45, 2.75) is 39.2 Å². The van der Waals surface area contributed by atoms with E-state index in [2.05, 4.69) is 10.3 Å². The highest BCUT2D eigenvalue weighted by molar-refractivity contribution is 7.15. The van der Waals surface area contributed by atoms with Gasteiger partial charge in [0.25, 0.3) is 0 Å². The second-order valence-corrected chi connectivity index (χ2v) is 5.87. The molecule has 0 saturated heterocycles. The van der Waals surface area contributed by atoms with Crippen molar-refractivity contribution in [3.05, 3.63) is 10.6 Å². The van der Waals surface area contributed by atoms with Crippen LogP contribution in [-0.2, 0) is 17.9 Å². The van der Waals surface area contributed by atoms with Crippen LogP contribution in [0.3, 0.4) is 0 Å². The molecule has 0 aliphatic rings. The molecule has 1 aromatic rings. The molecule has 116 valence electrons. The number of nitrogens with one attached hydrogen (secondary N) is 1. The van der Waals surface area contributed by atoms with E-state index in [0.29, 0.717) is 30.0 Å². The second-order valence-electron chi connectivity index (χ2n) is 4.81. The fourth-order valence-corrected chi connectivity index (χ4v) is 2.53. The molecule has 1 heterocycles. The summed E-state index contributed by atoms with van der Waals surface area (Å²) in [6.45, 7) is 3.88. The van der Waals surface area contributed by atoms with Crippen LogP contribution in [-0.4, -0.2) is 37.9 Å². The maximum absolute atomic E-state index is 12.4. The summed E-state index contributed by atoms with van der Waals surface area (Å²) in [6.07, 6.45) is -4.24. The quantitative estimate of drug-likeness (QED) is 0.840. The summed E-state index contributed by atoms with van der Waals surface area (Å²) >= 11 is 1.26. The van der Waals surface area contributed by atoms with Crippen LogP contribution in [0.25, 0.3) is 0 Å². The Hall–Kier alpha value is -0.860. The minimum Gasteiger partial charge on any atom is -0.378 e. The molecule has 0 aliphatic heterocycles. The second kappa shape index (κ2) is 7.24. The molecule has 0 unspecified atom stereocenters. The van der Waals surface area contributed by atoms with Crippen molar-refractivity contribution in [1.29, 1.82) is 0 Å². The monoisotopic (exact) mass is 311 g/mol. The molecule has 8 heteroatoms. The number of halogens is 3. The standard InChI is InChI=1S/C12H20F3N3OS/c1-8(2)16-5-10-9(6-19-4)17-11(20-10)18(3)7-12(13,14)15/h8,16H,5-7H2,1-4H3. The number of alkyl halides is 3. The van der Waals surface area contributed by atoms with Gasteiger partial charge in [-0.3, -0.25) is 0 Å². The van der Waals surface area contributed by atoms with Crippen LogP contribution in [0, 0.1) is 0 Å². The molecule has 1 N–H and O–H groups in total. The molecule has 20 heavy (non-hydrogen) atoms. The van der Waals surface area contributed by atoms with Gasteiger partial charge in [0.15, 0.2) is 5.13 Å². The number of nitrogens with zero attached hydrogens (tertiary/aromatic N) is 2. The number of aromatic nitrogens is 1. The Kier molecular flexibility index (Phi) is 6.22. The zero-order chi connectivity index (χ0) is 15.3. The summed E-state index contributed by atoms with van der Waals surface area (Å²) in [5, 5.41) is 3.59. The minimum absolute atomic E-state index is 0.295. The number of ether oxygens (including phenoxy) is 1. The maximum Gasteiger partial charge on any atom is 0.405 e. The predicted molar refractivity (Wildman–Crippen MR) is 74.1 cm³/mol. The summed E-state index contributed by atoms with van der Waals surface area (Å²) in [5.41, 5.74) is 0.690. The van der Waals surface area contributed by atoms with Crippen LogP contribution >= 0.6 is 11.3 Å². The zero-order valence-corrected chi connectivity index (χ0v) is 12.9. The molecule has 0 aliphatic carbocycles. The zero-order valence-electron chi connectivity index (χ0n) is 12.0. The number of rotatable bonds is 7. The number of anilines is 1. The number of hydrogen-bond donors (Lipinski definition) is 1. The number of hydrogen-bond acceptors (Lipinski definition) is 5. The molecule has 0 aromatic carbocycles. The lowest BCUT2D eigenvalue weighted by Gasteiger charge is -2.17. The normalized spacial score (nSPS) is 12.2. The van der Waals surface area contributed by atoms with E-state index in [9.17, 15) is 13.2 Å². The highest BCUT2D eigenvalue weighted by Crippen LogP contribution is 2.28. The smallest absolute Gasteiger partial charge is 0.378 e. The molecule has 0 radical (unpaired) electrons. The first kappa shape index (κ1) is 17.2. The molecule has 0 saturated carbocycles. The van der Waals surface area contributed by atoms with Crippen LogP contribution < -0.4 is 10.2 Å². The molecule has 0 fully saturated rings. The highest BCUT2D eigenvalue weighted by Gasteiger charge is 2.30. The van der Waals surface area contributed by atoms with Gasteiger partial charge in [-0.15, -0.1) is 11.3 Å². The van der Waals surface area contributed by atoms with Gasteiger partial charge in [0.2, 0.25) is 0 Å². The van der Waals surface area contributed by atoms with E-state index in [1.165, 1.54) is 25.5 Å². The minimum atomic E-state index is -4.24. The molecule has 0 atom stereocenters. The first-order chi connectivity index (χ1) is 9.23. The lowest BCUT2D eigenvalue weighted by atomic mass is 10.3. The summed E-state index contributed by atoms with van der Waals surface area (Å²) in [5.74, 6) is 0. The van der Waals surface area contributed by atoms with E-state index in [-0.39, 0.29) is 0 Å². The van der Waals surface area contributed by atoms with E-state index in [4.69, 9.17) is 4.74 Å². The molecular formula is C12H20F3N3OS. The van der Waals surface area contributed by atoms with Gasteiger partial charge in [0, 0.05) is 31.6 Å². The fraction of sp³-hybridized carbons (Fsp3) is 0.750. The topological polar surface area (TPSA) is 37.4 Å². The average Bonchev–Trinajstić information content (AvgIpc) is 2.68. The van der Waals surface area contributed by atoms with Crippen LogP contribution in [0.1, 0.15) is 24.4 Å². The van der Waals surface area contributed by atoms with Gasteiger partial charge >= 0.3 is 6.18 Å². The summed E-state index contributed by atoms with van der Waals surface area (Å²) < 4.78 is 42.2. The van der Waals surface area contributed by atoms with Gasteiger partial charge in [-0.25, -0.2) is 4.98 Å². The largest absolute Gasteiger partial charge is 0.405 e. The van der Waals surface area contributed by atoms with E-state index < -0.39 is 12.7 Å². The van der Waals surface area contributed by atoms with E-state index >= 15 is 0 Å². The Labute approximate surface area is 120 Å².